The monoisotopic (exact) mass is 501 g/mol. The summed E-state index contributed by atoms with van der Waals surface area (Å²) < 4.78 is 43.5. The van der Waals surface area contributed by atoms with Crippen LogP contribution in [0, 0.1) is 17.1 Å². The molecule has 1 saturated heterocycles. The Morgan fingerprint density at radius 2 is 1.97 bits per heavy atom. The Kier molecular flexibility index (Phi) is 5.85. The number of aliphatic hydroxyl groups excluding tert-OH is 1. The third-order valence-electron chi connectivity index (χ3n) is 6.05. The number of hydrogen-bond acceptors (Lipinski definition) is 6. The fourth-order valence-corrected chi connectivity index (χ4v) is 4.76. The van der Waals surface area contributed by atoms with Gasteiger partial charge in [0.15, 0.2) is 11.3 Å². The lowest BCUT2D eigenvalue weighted by Crippen LogP contribution is -2.44. The first-order chi connectivity index (χ1) is 16.3. The highest BCUT2D eigenvalue weighted by Gasteiger charge is 2.51. The fraction of sp³-hybridized carbons (Fsp3) is 0.333. The Labute approximate surface area is 205 Å². The fourth-order valence-electron chi connectivity index (χ4n) is 4.24. The Bertz CT molecular complexity index is 1330. The van der Waals surface area contributed by atoms with Gasteiger partial charge in [-0.2, -0.15) is 5.26 Å². The number of thiocarbonyl (C=S) groups is 1. The molecule has 1 amide bonds. The van der Waals surface area contributed by atoms with Crippen LogP contribution < -0.4 is 15.1 Å². The highest BCUT2D eigenvalue weighted by Crippen LogP contribution is 2.42. The van der Waals surface area contributed by atoms with Gasteiger partial charge in [0.05, 0.1) is 23.0 Å². The van der Waals surface area contributed by atoms with Crippen LogP contribution in [0.1, 0.15) is 57.0 Å². The molecule has 0 saturated carbocycles. The van der Waals surface area contributed by atoms with E-state index in [1.54, 1.807) is 19.9 Å². The lowest BCUT2D eigenvalue weighted by atomic mass is 10.00. The summed E-state index contributed by atoms with van der Waals surface area (Å²) in [7, 11) is 0. The van der Waals surface area contributed by atoms with Gasteiger partial charge < -0.3 is 15.3 Å². The Morgan fingerprint density at radius 3 is 2.57 bits per heavy atom. The van der Waals surface area contributed by atoms with Gasteiger partial charge in [0.25, 0.3) is 11.8 Å². The van der Waals surface area contributed by atoms with Crippen molar-refractivity contribution in [3.63, 3.8) is 0 Å². The highest BCUT2D eigenvalue weighted by molar-refractivity contribution is 7.81. The number of aliphatic hydroxyl groups is 1. The van der Waals surface area contributed by atoms with Gasteiger partial charge >= 0.3 is 0 Å². The first kappa shape index (κ1) is 24.6. The number of fused-ring (bicyclic) bond motifs is 1. The number of nitrogens with one attached hydrogen (secondary N) is 1. The Morgan fingerprint density at radius 1 is 1.29 bits per heavy atom. The van der Waals surface area contributed by atoms with E-state index in [-0.39, 0.29) is 33.3 Å². The van der Waals surface area contributed by atoms with Crippen LogP contribution in [0.4, 0.5) is 30.2 Å². The third kappa shape index (κ3) is 3.92. The molecule has 2 N–H and O–H groups in total. The molecular weight excluding hydrogens is 479 g/mol. The maximum atomic E-state index is 15.1. The third-order valence-corrected chi connectivity index (χ3v) is 6.41. The van der Waals surface area contributed by atoms with Crippen LogP contribution in [-0.2, 0) is 10.7 Å². The number of nitrogens with zero attached hydrogens (tertiary/aromatic N) is 4. The quantitative estimate of drug-likeness (QED) is 0.576. The van der Waals surface area contributed by atoms with Crippen molar-refractivity contribution in [2.45, 2.75) is 51.8 Å². The number of nitriles is 1. The lowest BCUT2D eigenvalue weighted by molar-refractivity contribution is -0.120. The van der Waals surface area contributed by atoms with E-state index in [1.165, 1.54) is 29.2 Å². The summed E-state index contributed by atoms with van der Waals surface area (Å²) >= 11 is 5.57. The van der Waals surface area contributed by atoms with Crippen molar-refractivity contribution in [2.24, 2.45) is 4.99 Å². The van der Waals surface area contributed by atoms with Crippen molar-refractivity contribution in [1.82, 2.24) is 0 Å². The van der Waals surface area contributed by atoms with Crippen molar-refractivity contribution >= 4 is 46.1 Å². The van der Waals surface area contributed by atoms with Gasteiger partial charge in [-0.3, -0.25) is 9.69 Å². The van der Waals surface area contributed by atoms with E-state index in [4.69, 9.17) is 12.2 Å². The van der Waals surface area contributed by atoms with Crippen LogP contribution >= 0.6 is 12.2 Å². The van der Waals surface area contributed by atoms with Crippen LogP contribution in [0.3, 0.4) is 0 Å². The molecule has 182 valence electrons. The summed E-state index contributed by atoms with van der Waals surface area (Å²) in [5.74, 6) is -4.10. The molecule has 0 bridgehead atoms. The highest BCUT2D eigenvalue weighted by atomic mass is 32.1. The van der Waals surface area contributed by atoms with Crippen LogP contribution in [0.15, 0.2) is 35.3 Å². The SMILES string of the molecule is CCC1=NC(O)c2cc(N3C(=S)N(c4ccc(C#N)c(C(C)(F)F)c4)C(=O)C3(C)C)cc(F)c2N1. The molecular formula is C24H22F3N5O2S. The summed E-state index contributed by atoms with van der Waals surface area (Å²) in [6.45, 7) is 5.61. The van der Waals surface area contributed by atoms with E-state index in [2.05, 4.69) is 10.3 Å². The van der Waals surface area contributed by atoms with Crippen molar-refractivity contribution in [1.29, 1.82) is 5.26 Å². The molecule has 2 aromatic rings. The zero-order chi connectivity index (χ0) is 25.9. The van der Waals surface area contributed by atoms with Gasteiger partial charge in [-0.25, -0.2) is 18.2 Å². The molecule has 0 spiro atoms. The number of amidine groups is 1. The number of aliphatic imine (C=N–C) groups is 1. The first-order valence-electron chi connectivity index (χ1n) is 10.8. The summed E-state index contributed by atoms with van der Waals surface area (Å²) in [5, 5.41) is 22.5. The normalized spacial score (nSPS) is 19.3. The number of hydrogen-bond donors (Lipinski definition) is 2. The van der Waals surface area contributed by atoms with Crippen LogP contribution in [0.25, 0.3) is 0 Å². The molecule has 2 aromatic carbocycles. The van der Waals surface area contributed by atoms with Crippen LogP contribution in [0.2, 0.25) is 0 Å². The number of rotatable bonds is 4. The predicted octanol–water partition coefficient (Wildman–Crippen LogP) is 4.95. The molecule has 0 aromatic heterocycles. The van der Waals surface area contributed by atoms with Gasteiger partial charge in [0.1, 0.15) is 17.2 Å². The van der Waals surface area contributed by atoms with E-state index in [0.29, 0.717) is 19.2 Å². The molecule has 35 heavy (non-hydrogen) atoms. The minimum Gasteiger partial charge on any atom is -0.368 e. The van der Waals surface area contributed by atoms with E-state index in [1.807, 2.05) is 6.92 Å². The number of benzene rings is 2. The van der Waals surface area contributed by atoms with E-state index in [0.717, 1.165) is 11.0 Å². The first-order valence-corrected chi connectivity index (χ1v) is 11.2. The number of carbonyl (C=O) groups excluding carboxylic acids is 1. The van der Waals surface area contributed by atoms with Gasteiger partial charge in [0, 0.05) is 30.2 Å². The summed E-state index contributed by atoms with van der Waals surface area (Å²) in [5.41, 5.74) is -1.57. The molecule has 1 atom stereocenters. The topological polar surface area (TPSA) is 92.0 Å². The van der Waals surface area contributed by atoms with Crippen molar-refractivity contribution in [3.8, 4) is 6.07 Å². The largest absolute Gasteiger partial charge is 0.368 e. The number of halogens is 3. The standard InChI is InChI=1S/C24H22F3N5O2S/c1-5-18-29-19-15(20(33)30-18)8-14(10-17(19)25)32-22(35)31(21(34)23(32,2)3)13-7-6-12(11-28)16(9-13)24(4,26)27/h6-10,20,33H,5H2,1-4H3,(H,29,30). The second-order valence-corrected chi connectivity index (χ2v) is 9.23. The second-order valence-electron chi connectivity index (χ2n) is 8.87. The zero-order valence-electron chi connectivity index (χ0n) is 19.4. The average Bonchev–Trinajstić information content (AvgIpc) is 2.96. The van der Waals surface area contributed by atoms with Crippen molar-refractivity contribution in [2.75, 3.05) is 15.1 Å². The average molecular weight is 502 g/mol. The molecule has 0 aliphatic carbocycles. The van der Waals surface area contributed by atoms with Crippen LogP contribution in [-0.4, -0.2) is 27.5 Å². The minimum absolute atomic E-state index is 0.0587. The lowest BCUT2D eigenvalue weighted by Gasteiger charge is -2.31. The van der Waals surface area contributed by atoms with E-state index in [9.17, 15) is 23.9 Å². The van der Waals surface area contributed by atoms with E-state index < -0.39 is 35.0 Å². The minimum atomic E-state index is -3.33. The Balaban J connectivity index is 1.81. The van der Waals surface area contributed by atoms with Crippen LogP contribution in [0.5, 0.6) is 0 Å². The van der Waals surface area contributed by atoms with E-state index >= 15 is 4.39 Å². The van der Waals surface area contributed by atoms with Crippen molar-refractivity contribution in [3.05, 3.63) is 52.8 Å². The van der Waals surface area contributed by atoms with Gasteiger partial charge in [-0.1, -0.05) is 6.92 Å². The zero-order valence-corrected chi connectivity index (χ0v) is 20.2. The van der Waals surface area contributed by atoms with Gasteiger partial charge in [-0.05, 0) is 56.4 Å². The van der Waals surface area contributed by atoms with Crippen molar-refractivity contribution < 1.29 is 23.1 Å². The molecule has 4 rings (SSSR count). The van der Waals surface area contributed by atoms with Gasteiger partial charge in [0.2, 0.25) is 0 Å². The molecule has 1 fully saturated rings. The Hall–Kier alpha value is -3.49. The molecule has 1 unspecified atom stereocenters. The number of carbonyl (C=O) groups is 1. The number of amides is 1. The summed E-state index contributed by atoms with van der Waals surface area (Å²) in [4.78, 5) is 20.0. The molecule has 2 aliphatic heterocycles. The smallest absolute Gasteiger partial charge is 0.271 e. The molecule has 2 heterocycles. The maximum Gasteiger partial charge on any atom is 0.271 e. The maximum absolute atomic E-state index is 15.1. The predicted molar refractivity (Wildman–Crippen MR) is 130 cm³/mol. The molecule has 11 heteroatoms. The van der Waals surface area contributed by atoms with Gasteiger partial charge in [-0.15, -0.1) is 0 Å². The summed E-state index contributed by atoms with van der Waals surface area (Å²) in [6, 6.07) is 8.03. The summed E-state index contributed by atoms with van der Waals surface area (Å²) in [6.07, 6.45) is -0.844. The molecule has 0 radical (unpaired) electrons. The molecule has 7 nitrogen and oxygen atoms in total. The second kappa shape index (κ2) is 8.32. The molecule has 2 aliphatic rings. The number of anilines is 3. The number of alkyl halides is 2.